The van der Waals surface area contributed by atoms with E-state index in [1.165, 1.54) is 0 Å². The number of nitrogens with one attached hydrogen (secondary N) is 1. The predicted molar refractivity (Wildman–Crippen MR) is 79.9 cm³/mol. The van der Waals surface area contributed by atoms with Crippen molar-refractivity contribution in [2.24, 2.45) is 11.8 Å². The summed E-state index contributed by atoms with van der Waals surface area (Å²) in [6.45, 7) is 0.887. The number of thiazole rings is 1. The highest BCUT2D eigenvalue weighted by Gasteiger charge is 2.26. The number of amides is 1. The van der Waals surface area contributed by atoms with Crippen LogP contribution in [0.5, 0.6) is 0 Å². The van der Waals surface area contributed by atoms with Crippen molar-refractivity contribution in [1.29, 1.82) is 0 Å². The molecule has 0 radical (unpaired) electrons. The molecule has 2 N–H and O–H groups in total. The number of aliphatic hydroxyl groups is 1. The van der Waals surface area contributed by atoms with Crippen LogP contribution in [-0.4, -0.2) is 29.1 Å². The Morgan fingerprint density at radius 3 is 3.10 bits per heavy atom. The summed E-state index contributed by atoms with van der Waals surface area (Å²) in [5, 5.41) is 12.3. The molecule has 1 aromatic carbocycles. The molecule has 0 bridgehead atoms. The topological polar surface area (TPSA) is 62.2 Å². The summed E-state index contributed by atoms with van der Waals surface area (Å²) >= 11 is 1.54. The number of carbonyl (C=O) groups excluding carboxylic acids is 1. The number of rotatable bonds is 4. The molecule has 1 saturated carbocycles. The molecule has 2 atom stereocenters. The van der Waals surface area contributed by atoms with Crippen molar-refractivity contribution in [1.82, 2.24) is 10.3 Å². The van der Waals surface area contributed by atoms with E-state index in [1.807, 2.05) is 18.2 Å². The molecule has 1 heterocycles. The van der Waals surface area contributed by atoms with E-state index < -0.39 is 0 Å². The van der Waals surface area contributed by atoms with Gasteiger partial charge in [0.1, 0.15) is 0 Å². The van der Waals surface area contributed by atoms with Crippen LogP contribution in [-0.2, 0) is 0 Å². The number of benzene rings is 1. The molecule has 4 nitrogen and oxygen atoms in total. The van der Waals surface area contributed by atoms with Crippen molar-refractivity contribution in [3.8, 4) is 0 Å². The van der Waals surface area contributed by atoms with Gasteiger partial charge in [0.15, 0.2) is 0 Å². The molecule has 1 fully saturated rings. The van der Waals surface area contributed by atoms with Crippen LogP contribution in [0, 0.1) is 11.8 Å². The van der Waals surface area contributed by atoms with E-state index in [1.54, 1.807) is 16.8 Å². The summed E-state index contributed by atoms with van der Waals surface area (Å²) in [5.74, 6) is 0.722. The molecular formula is C15H18N2O2S. The molecule has 0 aliphatic heterocycles. The average molecular weight is 290 g/mol. The fourth-order valence-corrected chi connectivity index (χ4v) is 3.66. The summed E-state index contributed by atoms with van der Waals surface area (Å²) in [5.41, 5.74) is 3.40. The Morgan fingerprint density at radius 2 is 2.25 bits per heavy atom. The molecule has 0 spiro atoms. The summed E-state index contributed by atoms with van der Waals surface area (Å²) in [7, 11) is 0. The van der Waals surface area contributed by atoms with E-state index >= 15 is 0 Å². The molecule has 20 heavy (non-hydrogen) atoms. The Kier molecular flexibility index (Phi) is 3.98. The Hall–Kier alpha value is -1.46. The third-order valence-corrected chi connectivity index (χ3v) is 4.96. The quantitative estimate of drug-likeness (QED) is 0.909. The van der Waals surface area contributed by atoms with Gasteiger partial charge in [0.2, 0.25) is 0 Å². The Labute approximate surface area is 121 Å². The van der Waals surface area contributed by atoms with Gasteiger partial charge in [-0.05, 0) is 42.9 Å². The van der Waals surface area contributed by atoms with Crippen molar-refractivity contribution in [2.75, 3.05) is 13.2 Å². The Morgan fingerprint density at radius 1 is 1.40 bits per heavy atom. The summed E-state index contributed by atoms with van der Waals surface area (Å²) in [6, 6.07) is 5.59. The van der Waals surface area contributed by atoms with Gasteiger partial charge in [-0.2, -0.15) is 0 Å². The molecule has 2 aromatic rings. The lowest BCUT2D eigenvalue weighted by atomic mass is 9.97. The minimum atomic E-state index is -0.0381. The Bertz CT molecular complexity index is 611. The fraction of sp³-hybridized carbons (Fsp3) is 0.467. The van der Waals surface area contributed by atoms with Crippen molar-refractivity contribution >= 4 is 27.5 Å². The maximum Gasteiger partial charge on any atom is 0.251 e. The number of carbonyl (C=O) groups is 1. The highest BCUT2D eigenvalue weighted by atomic mass is 32.1. The van der Waals surface area contributed by atoms with Crippen molar-refractivity contribution in [3.05, 3.63) is 29.3 Å². The van der Waals surface area contributed by atoms with Crippen LogP contribution in [0.4, 0.5) is 0 Å². The predicted octanol–water partition coefficient (Wildman–Crippen LogP) is 2.43. The van der Waals surface area contributed by atoms with Crippen LogP contribution in [0.15, 0.2) is 23.7 Å². The fourth-order valence-electron chi connectivity index (χ4n) is 2.94. The van der Waals surface area contributed by atoms with Gasteiger partial charge < -0.3 is 10.4 Å². The molecule has 1 aromatic heterocycles. The minimum Gasteiger partial charge on any atom is -0.396 e. The number of nitrogens with zero attached hydrogens (tertiary/aromatic N) is 1. The number of aromatic nitrogens is 1. The lowest BCUT2D eigenvalue weighted by molar-refractivity contribution is 0.0938. The van der Waals surface area contributed by atoms with Gasteiger partial charge in [-0.15, -0.1) is 11.3 Å². The molecule has 1 aliphatic rings. The van der Waals surface area contributed by atoms with E-state index in [0.29, 0.717) is 23.9 Å². The second kappa shape index (κ2) is 5.89. The van der Waals surface area contributed by atoms with E-state index in [9.17, 15) is 9.90 Å². The van der Waals surface area contributed by atoms with Crippen LogP contribution in [0.2, 0.25) is 0 Å². The van der Waals surface area contributed by atoms with E-state index in [0.717, 1.165) is 29.5 Å². The molecule has 2 unspecified atom stereocenters. The zero-order valence-corrected chi connectivity index (χ0v) is 12.0. The van der Waals surface area contributed by atoms with Gasteiger partial charge in [0.25, 0.3) is 5.91 Å². The van der Waals surface area contributed by atoms with Crippen LogP contribution in [0.3, 0.4) is 0 Å². The number of fused-ring (bicyclic) bond motifs is 1. The monoisotopic (exact) mass is 290 g/mol. The minimum absolute atomic E-state index is 0.0381. The van der Waals surface area contributed by atoms with E-state index in [2.05, 4.69) is 10.3 Å². The highest BCUT2D eigenvalue weighted by molar-refractivity contribution is 7.16. The molecule has 106 valence electrons. The average Bonchev–Trinajstić information content (AvgIpc) is 3.12. The van der Waals surface area contributed by atoms with Crippen LogP contribution >= 0.6 is 11.3 Å². The number of hydrogen-bond donors (Lipinski definition) is 2. The zero-order chi connectivity index (χ0) is 13.9. The van der Waals surface area contributed by atoms with Gasteiger partial charge in [-0.3, -0.25) is 4.79 Å². The maximum atomic E-state index is 12.2. The Balaban J connectivity index is 1.63. The first-order valence-electron chi connectivity index (χ1n) is 7.00. The third-order valence-electron chi connectivity index (χ3n) is 4.17. The first kappa shape index (κ1) is 13.5. The molecule has 1 aliphatic carbocycles. The van der Waals surface area contributed by atoms with Crippen molar-refractivity contribution < 1.29 is 9.90 Å². The van der Waals surface area contributed by atoms with Crippen LogP contribution in [0.25, 0.3) is 10.2 Å². The smallest absolute Gasteiger partial charge is 0.251 e. The lowest BCUT2D eigenvalue weighted by Crippen LogP contribution is -2.31. The van der Waals surface area contributed by atoms with Crippen LogP contribution in [0.1, 0.15) is 29.6 Å². The number of aliphatic hydroxyl groups excluding tert-OH is 1. The maximum absolute atomic E-state index is 12.2. The van der Waals surface area contributed by atoms with Crippen molar-refractivity contribution in [2.45, 2.75) is 19.3 Å². The summed E-state index contributed by atoms with van der Waals surface area (Å²) in [6.07, 6.45) is 3.32. The van der Waals surface area contributed by atoms with Crippen LogP contribution < -0.4 is 5.32 Å². The van der Waals surface area contributed by atoms with Gasteiger partial charge >= 0.3 is 0 Å². The van der Waals surface area contributed by atoms with E-state index in [-0.39, 0.29) is 12.5 Å². The largest absolute Gasteiger partial charge is 0.396 e. The van der Waals surface area contributed by atoms with Gasteiger partial charge in [-0.1, -0.05) is 6.42 Å². The van der Waals surface area contributed by atoms with Gasteiger partial charge in [0, 0.05) is 18.7 Å². The first-order chi connectivity index (χ1) is 9.78. The summed E-state index contributed by atoms with van der Waals surface area (Å²) < 4.78 is 1.03. The zero-order valence-electron chi connectivity index (χ0n) is 11.2. The van der Waals surface area contributed by atoms with Gasteiger partial charge in [0.05, 0.1) is 15.7 Å². The second-order valence-corrected chi connectivity index (χ2v) is 6.26. The standard InChI is InChI=1S/C15H18N2O2S/c18-8-12-3-1-2-11(12)7-16-15(19)10-4-5-13-14(6-10)20-9-17-13/h4-6,9,11-12,18H,1-3,7-8H2,(H,16,19). The molecule has 3 rings (SSSR count). The number of hydrogen-bond acceptors (Lipinski definition) is 4. The first-order valence-corrected chi connectivity index (χ1v) is 7.88. The molecule has 0 saturated heterocycles. The van der Waals surface area contributed by atoms with Gasteiger partial charge in [-0.25, -0.2) is 4.98 Å². The third kappa shape index (κ3) is 2.69. The molecule has 1 amide bonds. The molecule has 5 heteroatoms. The lowest BCUT2D eigenvalue weighted by Gasteiger charge is -2.17. The normalized spacial score (nSPS) is 22.2. The van der Waals surface area contributed by atoms with Crippen molar-refractivity contribution in [3.63, 3.8) is 0 Å². The summed E-state index contributed by atoms with van der Waals surface area (Å²) in [4.78, 5) is 16.4. The highest BCUT2D eigenvalue weighted by Crippen LogP contribution is 2.30. The second-order valence-electron chi connectivity index (χ2n) is 5.38. The van der Waals surface area contributed by atoms with E-state index in [4.69, 9.17) is 0 Å². The SMILES string of the molecule is O=C(NCC1CCCC1CO)c1ccc2ncsc2c1. The molecular weight excluding hydrogens is 272 g/mol.